The van der Waals surface area contributed by atoms with E-state index in [1.54, 1.807) is 4.90 Å². The summed E-state index contributed by atoms with van der Waals surface area (Å²) in [5, 5.41) is 3.39. The van der Waals surface area contributed by atoms with Gasteiger partial charge < -0.3 is 10.2 Å². The van der Waals surface area contributed by atoms with Crippen LogP contribution in [0.3, 0.4) is 0 Å². The minimum Gasteiger partial charge on any atom is -0.335 e. The van der Waals surface area contributed by atoms with Crippen molar-refractivity contribution < 1.29 is 9.18 Å². The summed E-state index contributed by atoms with van der Waals surface area (Å²) in [6, 6.07) is -0.172. The Bertz CT molecular complexity index is 306. The van der Waals surface area contributed by atoms with Crippen LogP contribution in [0.25, 0.3) is 0 Å². The zero-order valence-electron chi connectivity index (χ0n) is 13.7. The molecule has 0 aromatic heterocycles. The molecule has 1 unspecified atom stereocenters. The maximum absolute atomic E-state index is 12.9. The lowest BCUT2D eigenvalue weighted by molar-refractivity contribution is -0.141. The van der Waals surface area contributed by atoms with Crippen molar-refractivity contribution in [1.29, 1.82) is 0 Å². The molecule has 0 radical (unpaired) electrons. The molecule has 3 nitrogen and oxygen atoms in total. The van der Waals surface area contributed by atoms with E-state index in [0.29, 0.717) is 5.92 Å². The van der Waals surface area contributed by atoms with E-state index in [2.05, 4.69) is 39.9 Å². The molecule has 1 aliphatic heterocycles. The van der Waals surface area contributed by atoms with Crippen molar-refractivity contribution in [3.8, 4) is 0 Å². The zero-order valence-corrected chi connectivity index (χ0v) is 13.7. The Labute approximate surface area is 123 Å². The van der Waals surface area contributed by atoms with Gasteiger partial charge >= 0.3 is 0 Å². The van der Waals surface area contributed by atoms with Gasteiger partial charge in [0, 0.05) is 5.54 Å². The Balaban J connectivity index is 2.45. The Morgan fingerprint density at radius 2 is 1.80 bits per heavy atom. The van der Waals surface area contributed by atoms with Crippen molar-refractivity contribution >= 4 is 5.91 Å². The van der Waals surface area contributed by atoms with Crippen LogP contribution >= 0.6 is 0 Å². The second-order valence-electron chi connectivity index (χ2n) is 7.47. The SMILES string of the molecule is CC(C)CCCCC(NC(C)(C)C)C(=O)N1CC(F)C1. The molecule has 20 heavy (non-hydrogen) atoms. The van der Waals surface area contributed by atoms with Gasteiger partial charge in [0.1, 0.15) is 6.17 Å². The lowest BCUT2D eigenvalue weighted by Crippen LogP contribution is -2.59. The van der Waals surface area contributed by atoms with Gasteiger partial charge in [-0.25, -0.2) is 4.39 Å². The van der Waals surface area contributed by atoms with Gasteiger partial charge in [0.25, 0.3) is 0 Å². The lowest BCUT2D eigenvalue weighted by atomic mass is 9.98. The predicted octanol–water partition coefficient (Wildman–Crippen LogP) is 3.14. The summed E-state index contributed by atoms with van der Waals surface area (Å²) in [4.78, 5) is 14.0. The van der Waals surface area contributed by atoms with Crippen molar-refractivity contribution in [3.63, 3.8) is 0 Å². The van der Waals surface area contributed by atoms with Crippen molar-refractivity contribution in [2.24, 2.45) is 5.92 Å². The summed E-state index contributed by atoms with van der Waals surface area (Å²) in [5.74, 6) is 0.778. The summed E-state index contributed by atoms with van der Waals surface area (Å²) in [5.41, 5.74) is -0.0989. The number of nitrogens with zero attached hydrogens (tertiary/aromatic N) is 1. The lowest BCUT2D eigenvalue weighted by Gasteiger charge is -2.38. The molecule has 1 saturated heterocycles. The molecule has 0 bridgehead atoms. The molecule has 0 aromatic rings. The highest BCUT2D eigenvalue weighted by Gasteiger charge is 2.35. The Morgan fingerprint density at radius 1 is 1.25 bits per heavy atom. The van der Waals surface area contributed by atoms with Crippen molar-refractivity contribution in [3.05, 3.63) is 0 Å². The summed E-state index contributed by atoms with van der Waals surface area (Å²) in [6.45, 7) is 11.2. The number of rotatable bonds is 7. The predicted molar refractivity (Wildman–Crippen MR) is 81.5 cm³/mol. The fourth-order valence-electron chi connectivity index (χ4n) is 2.51. The third kappa shape index (κ3) is 6.21. The van der Waals surface area contributed by atoms with Crippen LogP contribution in [0.2, 0.25) is 0 Å². The monoisotopic (exact) mass is 286 g/mol. The number of hydrogen-bond acceptors (Lipinski definition) is 2. The van der Waals surface area contributed by atoms with Gasteiger partial charge in [-0.3, -0.25) is 4.79 Å². The van der Waals surface area contributed by atoms with Crippen LogP contribution in [-0.2, 0) is 4.79 Å². The van der Waals surface area contributed by atoms with Crippen LogP contribution in [0, 0.1) is 5.92 Å². The van der Waals surface area contributed by atoms with E-state index >= 15 is 0 Å². The van der Waals surface area contributed by atoms with Crippen molar-refractivity contribution in [2.45, 2.75) is 78.1 Å². The molecule has 1 aliphatic rings. The number of likely N-dealkylation sites (tertiary alicyclic amines) is 1. The standard InChI is InChI=1S/C16H31FN2O/c1-12(2)8-6-7-9-14(18-16(3,4)5)15(20)19-10-13(17)11-19/h12-14,18H,6-11H2,1-5H3. The topological polar surface area (TPSA) is 32.3 Å². The van der Waals surface area contributed by atoms with E-state index in [0.717, 1.165) is 19.3 Å². The third-order valence-corrected chi connectivity index (χ3v) is 3.58. The van der Waals surface area contributed by atoms with E-state index in [4.69, 9.17) is 0 Å². The number of carbonyl (C=O) groups excluding carboxylic acids is 1. The van der Waals surface area contributed by atoms with Crippen LogP contribution in [0.5, 0.6) is 0 Å². The molecule has 1 heterocycles. The summed E-state index contributed by atoms with van der Waals surface area (Å²) < 4.78 is 12.9. The molecule has 1 atom stereocenters. The molecule has 0 aromatic carbocycles. The highest BCUT2D eigenvalue weighted by atomic mass is 19.1. The molecule has 0 saturated carbocycles. The molecule has 1 amide bonds. The van der Waals surface area contributed by atoms with Gasteiger partial charge in [0.2, 0.25) is 5.91 Å². The number of carbonyl (C=O) groups is 1. The molecule has 118 valence electrons. The van der Waals surface area contributed by atoms with Crippen LogP contribution in [0.1, 0.15) is 60.3 Å². The van der Waals surface area contributed by atoms with Gasteiger partial charge in [-0.1, -0.05) is 33.1 Å². The summed E-state index contributed by atoms with van der Waals surface area (Å²) in [7, 11) is 0. The zero-order chi connectivity index (χ0) is 15.3. The number of halogens is 1. The quantitative estimate of drug-likeness (QED) is 0.729. The van der Waals surface area contributed by atoms with Crippen LogP contribution in [0.15, 0.2) is 0 Å². The summed E-state index contributed by atoms with van der Waals surface area (Å²) in [6.07, 6.45) is 3.42. The molecule has 4 heteroatoms. The Morgan fingerprint density at radius 3 is 2.25 bits per heavy atom. The largest absolute Gasteiger partial charge is 0.335 e. The van der Waals surface area contributed by atoms with Crippen molar-refractivity contribution in [1.82, 2.24) is 10.2 Å². The fraction of sp³-hybridized carbons (Fsp3) is 0.938. The van der Waals surface area contributed by atoms with Gasteiger partial charge in [-0.05, 0) is 33.1 Å². The average Bonchev–Trinajstić information content (AvgIpc) is 2.26. The number of amides is 1. The van der Waals surface area contributed by atoms with E-state index in [1.807, 2.05) is 0 Å². The minimum absolute atomic E-state index is 0.0679. The third-order valence-electron chi connectivity index (χ3n) is 3.58. The minimum atomic E-state index is -0.824. The first-order chi connectivity index (χ1) is 9.19. The van der Waals surface area contributed by atoms with Crippen LogP contribution < -0.4 is 5.32 Å². The van der Waals surface area contributed by atoms with E-state index < -0.39 is 6.17 Å². The van der Waals surface area contributed by atoms with E-state index in [9.17, 15) is 9.18 Å². The first kappa shape index (κ1) is 17.4. The van der Waals surface area contributed by atoms with Crippen molar-refractivity contribution in [2.75, 3.05) is 13.1 Å². The highest BCUT2D eigenvalue weighted by molar-refractivity contribution is 5.82. The first-order valence-electron chi connectivity index (χ1n) is 7.89. The number of alkyl halides is 1. The normalized spacial score (nSPS) is 18.2. The number of unbranched alkanes of at least 4 members (excludes halogenated alkanes) is 1. The molecule has 1 N–H and O–H groups in total. The van der Waals surface area contributed by atoms with Gasteiger partial charge in [-0.2, -0.15) is 0 Å². The molecular formula is C16H31FN2O. The van der Waals surface area contributed by atoms with Crippen LogP contribution in [-0.4, -0.2) is 41.6 Å². The Hall–Kier alpha value is -0.640. The van der Waals surface area contributed by atoms with E-state index in [-0.39, 0.29) is 30.6 Å². The molecule has 1 fully saturated rings. The average molecular weight is 286 g/mol. The smallest absolute Gasteiger partial charge is 0.239 e. The Kier molecular flexibility index (Phi) is 6.44. The van der Waals surface area contributed by atoms with E-state index in [1.165, 1.54) is 6.42 Å². The summed E-state index contributed by atoms with van der Waals surface area (Å²) >= 11 is 0. The molecule has 1 rings (SSSR count). The number of nitrogens with one attached hydrogen (secondary N) is 1. The van der Waals surface area contributed by atoms with Crippen LogP contribution in [0.4, 0.5) is 4.39 Å². The van der Waals surface area contributed by atoms with Gasteiger partial charge in [0.15, 0.2) is 0 Å². The second-order valence-corrected chi connectivity index (χ2v) is 7.47. The first-order valence-corrected chi connectivity index (χ1v) is 7.89. The fourth-order valence-corrected chi connectivity index (χ4v) is 2.51. The maximum Gasteiger partial charge on any atom is 0.239 e. The van der Waals surface area contributed by atoms with Gasteiger partial charge in [-0.15, -0.1) is 0 Å². The number of hydrogen-bond donors (Lipinski definition) is 1. The highest BCUT2D eigenvalue weighted by Crippen LogP contribution is 2.18. The molecular weight excluding hydrogens is 255 g/mol. The van der Waals surface area contributed by atoms with Gasteiger partial charge in [0.05, 0.1) is 19.1 Å². The molecule has 0 spiro atoms. The second kappa shape index (κ2) is 7.39. The maximum atomic E-state index is 12.9. The molecule has 0 aliphatic carbocycles.